The van der Waals surface area contributed by atoms with Crippen molar-refractivity contribution in [2.75, 3.05) is 25.5 Å². The fourth-order valence-corrected chi connectivity index (χ4v) is 1.49. The monoisotopic (exact) mass is 316 g/mol. The van der Waals surface area contributed by atoms with Crippen LogP contribution in [0.3, 0.4) is 0 Å². The zero-order chi connectivity index (χ0) is 13.7. The molecule has 0 bridgehead atoms. The predicted octanol–water partition coefficient (Wildman–Crippen LogP) is 1.64. The van der Waals surface area contributed by atoms with E-state index in [0.29, 0.717) is 11.0 Å². The minimum atomic E-state index is -0.548. The summed E-state index contributed by atoms with van der Waals surface area (Å²) >= 11 is 3.11. The van der Waals surface area contributed by atoms with Gasteiger partial charge in [-0.1, -0.05) is 0 Å². The lowest BCUT2D eigenvalue weighted by Crippen LogP contribution is -2.32. The lowest BCUT2D eigenvalue weighted by Gasteiger charge is -2.14. The molecule has 0 aliphatic rings. The number of likely N-dealkylation sites (N-methyl/N-ethyl adjacent to an activating group) is 1. The molecule has 0 radical (unpaired) electrons. The molecule has 1 amide bonds. The Morgan fingerprint density at radius 2 is 2.33 bits per heavy atom. The summed E-state index contributed by atoms with van der Waals surface area (Å²) in [5.41, 5.74) is -0.170. The highest BCUT2D eigenvalue weighted by atomic mass is 79.9. The number of nitro groups is 1. The molecule has 0 aliphatic heterocycles. The van der Waals surface area contributed by atoms with Crippen LogP contribution in [-0.2, 0) is 4.79 Å². The molecular formula is C10H13BrN4O3. The fourth-order valence-electron chi connectivity index (χ4n) is 1.17. The Morgan fingerprint density at radius 3 is 2.89 bits per heavy atom. The van der Waals surface area contributed by atoms with Gasteiger partial charge in [-0.15, -0.1) is 0 Å². The van der Waals surface area contributed by atoms with Gasteiger partial charge in [0.25, 0.3) is 0 Å². The first kappa shape index (κ1) is 14.4. The molecule has 1 aromatic rings. The molecule has 7 nitrogen and oxygen atoms in total. The fraction of sp³-hybridized carbons (Fsp3) is 0.400. The number of carbonyl (C=O) groups is 1. The van der Waals surface area contributed by atoms with Crippen LogP contribution in [0, 0.1) is 10.1 Å². The van der Waals surface area contributed by atoms with Gasteiger partial charge in [0.2, 0.25) is 11.7 Å². The number of hydrogen-bond acceptors (Lipinski definition) is 5. The molecule has 0 aliphatic carbocycles. The van der Waals surface area contributed by atoms with Crippen LogP contribution < -0.4 is 5.32 Å². The van der Waals surface area contributed by atoms with Crippen LogP contribution in [0.4, 0.5) is 11.5 Å². The molecule has 0 saturated heterocycles. The standard InChI is InChI=1S/C10H13BrN4O3/c1-3-14(2)9(16)6-13-10-8(15(17)18)4-7(11)5-12-10/h4-5H,3,6H2,1-2H3,(H,12,13). The Morgan fingerprint density at radius 1 is 1.67 bits per heavy atom. The van der Waals surface area contributed by atoms with Crippen molar-refractivity contribution in [3.05, 3.63) is 26.9 Å². The molecule has 8 heteroatoms. The van der Waals surface area contributed by atoms with Crippen molar-refractivity contribution in [2.45, 2.75) is 6.92 Å². The maximum absolute atomic E-state index is 11.6. The Balaban J connectivity index is 2.79. The Labute approximate surface area is 112 Å². The number of hydrogen-bond donors (Lipinski definition) is 1. The van der Waals surface area contributed by atoms with Crippen LogP contribution in [0.15, 0.2) is 16.7 Å². The number of carbonyl (C=O) groups excluding carboxylic acids is 1. The Hall–Kier alpha value is -1.70. The number of amides is 1. The summed E-state index contributed by atoms with van der Waals surface area (Å²) < 4.78 is 0.511. The molecule has 1 N–H and O–H groups in total. The highest BCUT2D eigenvalue weighted by Gasteiger charge is 2.17. The third-order valence-corrected chi connectivity index (χ3v) is 2.77. The molecule has 18 heavy (non-hydrogen) atoms. The van der Waals surface area contributed by atoms with Gasteiger partial charge < -0.3 is 10.2 Å². The van der Waals surface area contributed by atoms with Gasteiger partial charge in [-0.3, -0.25) is 14.9 Å². The summed E-state index contributed by atoms with van der Waals surface area (Å²) in [5.74, 6) is -0.0717. The summed E-state index contributed by atoms with van der Waals surface area (Å²) in [5, 5.41) is 13.5. The van der Waals surface area contributed by atoms with Crippen LogP contribution >= 0.6 is 15.9 Å². The van der Waals surface area contributed by atoms with Crippen LogP contribution in [0.1, 0.15) is 6.92 Å². The van der Waals surface area contributed by atoms with Crippen molar-refractivity contribution in [3.8, 4) is 0 Å². The van der Waals surface area contributed by atoms with Crippen molar-refractivity contribution >= 4 is 33.3 Å². The third kappa shape index (κ3) is 3.66. The molecular weight excluding hydrogens is 304 g/mol. The predicted molar refractivity (Wildman–Crippen MR) is 70.4 cm³/mol. The number of rotatable bonds is 5. The third-order valence-electron chi connectivity index (χ3n) is 2.34. The highest BCUT2D eigenvalue weighted by Crippen LogP contribution is 2.24. The van der Waals surface area contributed by atoms with Crippen LogP contribution in [-0.4, -0.2) is 40.9 Å². The van der Waals surface area contributed by atoms with Gasteiger partial charge in [0.05, 0.1) is 11.5 Å². The summed E-state index contributed by atoms with van der Waals surface area (Å²) in [6, 6.07) is 1.34. The molecule has 1 heterocycles. The van der Waals surface area contributed by atoms with E-state index in [1.54, 1.807) is 7.05 Å². The van der Waals surface area contributed by atoms with Gasteiger partial charge in [0.15, 0.2) is 0 Å². The van der Waals surface area contributed by atoms with E-state index in [2.05, 4.69) is 26.2 Å². The molecule has 1 rings (SSSR count). The minimum Gasteiger partial charge on any atom is -0.355 e. The summed E-state index contributed by atoms with van der Waals surface area (Å²) in [6.45, 7) is 2.40. The van der Waals surface area contributed by atoms with Crippen molar-refractivity contribution < 1.29 is 9.72 Å². The largest absolute Gasteiger partial charge is 0.355 e. The molecule has 0 atom stereocenters. The lowest BCUT2D eigenvalue weighted by atomic mass is 10.4. The second-order valence-corrected chi connectivity index (χ2v) is 4.46. The number of anilines is 1. The molecule has 0 unspecified atom stereocenters. The topological polar surface area (TPSA) is 88.4 Å². The van der Waals surface area contributed by atoms with E-state index >= 15 is 0 Å². The van der Waals surface area contributed by atoms with E-state index in [1.807, 2.05) is 6.92 Å². The van der Waals surface area contributed by atoms with Crippen LogP contribution in [0.2, 0.25) is 0 Å². The minimum absolute atomic E-state index is 0.0280. The maximum atomic E-state index is 11.6. The van der Waals surface area contributed by atoms with Gasteiger partial charge in [-0.05, 0) is 22.9 Å². The SMILES string of the molecule is CCN(C)C(=O)CNc1ncc(Br)cc1[N+](=O)[O-]. The number of aromatic nitrogens is 1. The molecule has 1 aromatic heterocycles. The van der Waals surface area contributed by atoms with Crippen molar-refractivity contribution in [1.82, 2.24) is 9.88 Å². The van der Waals surface area contributed by atoms with Crippen molar-refractivity contribution in [3.63, 3.8) is 0 Å². The van der Waals surface area contributed by atoms with Gasteiger partial charge >= 0.3 is 5.69 Å². The Kier molecular flexibility index (Phi) is 5.02. The van der Waals surface area contributed by atoms with Gasteiger partial charge in [0, 0.05) is 30.3 Å². The number of pyridine rings is 1. The quantitative estimate of drug-likeness (QED) is 0.659. The van der Waals surface area contributed by atoms with Gasteiger partial charge in [0.1, 0.15) is 0 Å². The van der Waals surface area contributed by atoms with E-state index in [0.717, 1.165) is 0 Å². The number of halogens is 1. The average molecular weight is 317 g/mol. The first-order valence-corrected chi connectivity index (χ1v) is 6.02. The second-order valence-electron chi connectivity index (χ2n) is 3.54. The zero-order valence-electron chi connectivity index (χ0n) is 10.0. The van der Waals surface area contributed by atoms with E-state index in [-0.39, 0.29) is 24.0 Å². The smallest absolute Gasteiger partial charge is 0.312 e. The second kappa shape index (κ2) is 6.29. The van der Waals surface area contributed by atoms with Crippen molar-refractivity contribution in [2.24, 2.45) is 0 Å². The molecule has 0 spiro atoms. The van der Waals surface area contributed by atoms with Crippen LogP contribution in [0.25, 0.3) is 0 Å². The zero-order valence-corrected chi connectivity index (χ0v) is 11.6. The first-order valence-electron chi connectivity index (χ1n) is 5.23. The normalized spacial score (nSPS) is 9.94. The van der Waals surface area contributed by atoms with E-state index in [1.165, 1.54) is 17.2 Å². The molecule has 0 saturated carbocycles. The Bertz CT molecular complexity index is 466. The van der Waals surface area contributed by atoms with Crippen LogP contribution in [0.5, 0.6) is 0 Å². The maximum Gasteiger partial charge on any atom is 0.312 e. The summed E-state index contributed by atoms with van der Waals surface area (Å²) in [7, 11) is 1.66. The van der Waals surface area contributed by atoms with Crippen molar-refractivity contribution in [1.29, 1.82) is 0 Å². The first-order chi connectivity index (χ1) is 8.45. The number of nitrogens with one attached hydrogen (secondary N) is 1. The van der Waals surface area contributed by atoms with E-state index in [9.17, 15) is 14.9 Å². The number of nitrogens with zero attached hydrogens (tertiary/aromatic N) is 3. The van der Waals surface area contributed by atoms with Gasteiger partial charge in [-0.25, -0.2) is 4.98 Å². The molecule has 0 fully saturated rings. The summed E-state index contributed by atoms with van der Waals surface area (Å²) in [4.78, 5) is 27.2. The van der Waals surface area contributed by atoms with Gasteiger partial charge in [-0.2, -0.15) is 0 Å². The molecule has 98 valence electrons. The average Bonchev–Trinajstić information content (AvgIpc) is 2.35. The highest BCUT2D eigenvalue weighted by molar-refractivity contribution is 9.10. The summed E-state index contributed by atoms with van der Waals surface area (Å²) in [6.07, 6.45) is 1.43. The lowest BCUT2D eigenvalue weighted by molar-refractivity contribution is -0.384. The van der Waals surface area contributed by atoms with E-state index < -0.39 is 4.92 Å². The van der Waals surface area contributed by atoms with E-state index in [4.69, 9.17) is 0 Å². The molecule has 0 aromatic carbocycles.